The summed E-state index contributed by atoms with van der Waals surface area (Å²) in [5, 5.41) is 0. The summed E-state index contributed by atoms with van der Waals surface area (Å²) in [6.45, 7) is 1.51. The van der Waals surface area contributed by atoms with E-state index in [0.29, 0.717) is 11.3 Å². The highest BCUT2D eigenvalue weighted by molar-refractivity contribution is 14.1. The SMILES string of the molecule is CCS(=O)(=O)[C@](Br)(I)C(=O)c1ccc(OC)cc1. The van der Waals surface area contributed by atoms with Crippen LogP contribution >= 0.6 is 38.5 Å². The third-order valence-electron chi connectivity index (χ3n) is 2.39. The molecule has 18 heavy (non-hydrogen) atoms. The molecule has 0 N–H and O–H groups in total. The number of hydrogen-bond acceptors (Lipinski definition) is 4. The van der Waals surface area contributed by atoms with Gasteiger partial charge in [0.15, 0.2) is 9.84 Å². The van der Waals surface area contributed by atoms with E-state index >= 15 is 0 Å². The van der Waals surface area contributed by atoms with Gasteiger partial charge in [0.25, 0.3) is 0 Å². The van der Waals surface area contributed by atoms with Crippen LogP contribution in [0.4, 0.5) is 0 Å². The number of benzene rings is 1. The van der Waals surface area contributed by atoms with Crippen LogP contribution in [0.25, 0.3) is 0 Å². The van der Waals surface area contributed by atoms with Gasteiger partial charge in [-0.3, -0.25) is 4.79 Å². The zero-order valence-corrected chi connectivity index (χ0v) is 14.4. The maximum absolute atomic E-state index is 12.2. The first-order chi connectivity index (χ1) is 8.26. The average molecular weight is 447 g/mol. The monoisotopic (exact) mass is 446 g/mol. The fourth-order valence-corrected chi connectivity index (χ4v) is 4.16. The standard InChI is InChI=1S/C11H12BrIO4S/c1-3-18(15,16)11(12,13)10(14)8-4-6-9(17-2)7-5-8/h4-7H,3H2,1-2H3/t11-/m1/s1. The summed E-state index contributed by atoms with van der Waals surface area (Å²) in [5.41, 5.74) is 0.319. The van der Waals surface area contributed by atoms with Crippen molar-refractivity contribution >= 4 is 54.1 Å². The maximum atomic E-state index is 12.2. The van der Waals surface area contributed by atoms with Crippen LogP contribution in [0.1, 0.15) is 17.3 Å². The van der Waals surface area contributed by atoms with E-state index in [1.807, 2.05) is 0 Å². The molecule has 0 aliphatic carbocycles. The fourth-order valence-electron chi connectivity index (χ4n) is 1.23. The van der Waals surface area contributed by atoms with Crippen LogP contribution in [0, 0.1) is 0 Å². The Hall–Kier alpha value is -0.150. The fraction of sp³-hybridized carbons (Fsp3) is 0.364. The first-order valence-corrected chi connectivity index (χ1v) is 8.57. The van der Waals surface area contributed by atoms with E-state index < -0.39 is 17.3 Å². The number of ketones is 1. The molecule has 4 nitrogen and oxygen atoms in total. The smallest absolute Gasteiger partial charge is 0.239 e. The first kappa shape index (κ1) is 15.9. The van der Waals surface area contributed by atoms with Crippen LogP contribution in [-0.4, -0.2) is 28.7 Å². The lowest BCUT2D eigenvalue weighted by molar-refractivity contribution is 0.101. The molecule has 0 aromatic heterocycles. The second-order valence-electron chi connectivity index (χ2n) is 3.48. The van der Waals surface area contributed by atoms with Gasteiger partial charge in [0.2, 0.25) is 7.45 Å². The molecule has 1 rings (SSSR count). The number of carbonyl (C=O) groups excluding carboxylic acids is 1. The molecule has 0 aliphatic rings. The van der Waals surface area contributed by atoms with E-state index in [1.165, 1.54) is 14.0 Å². The number of methoxy groups -OCH3 is 1. The Bertz CT molecular complexity index is 537. The van der Waals surface area contributed by atoms with Gasteiger partial charge >= 0.3 is 0 Å². The number of halogens is 2. The van der Waals surface area contributed by atoms with Gasteiger partial charge in [-0.15, -0.1) is 0 Å². The lowest BCUT2D eigenvalue weighted by Gasteiger charge is -2.18. The van der Waals surface area contributed by atoms with Crippen molar-refractivity contribution in [2.75, 3.05) is 12.9 Å². The number of Topliss-reactive ketones (excluding diaryl/α,β-unsaturated/α-hetero) is 1. The van der Waals surface area contributed by atoms with Crippen molar-refractivity contribution in [2.45, 2.75) is 8.59 Å². The van der Waals surface area contributed by atoms with Gasteiger partial charge in [-0.25, -0.2) is 8.42 Å². The van der Waals surface area contributed by atoms with Crippen LogP contribution in [0.5, 0.6) is 5.75 Å². The molecule has 7 heteroatoms. The Balaban J connectivity index is 3.14. The minimum Gasteiger partial charge on any atom is -0.497 e. The molecule has 1 atom stereocenters. The predicted molar refractivity (Wildman–Crippen MR) is 82.5 cm³/mol. The molecule has 0 amide bonds. The summed E-state index contributed by atoms with van der Waals surface area (Å²) in [6, 6.07) is 6.32. The van der Waals surface area contributed by atoms with Crippen molar-refractivity contribution in [3.63, 3.8) is 0 Å². The lowest BCUT2D eigenvalue weighted by atomic mass is 10.1. The molecule has 0 saturated heterocycles. The molecule has 0 radical (unpaired) electrons. The van der Waals surface area contributed by atoms with Crippen LogP contribution in [-0.2, 0) is 9.84 Å². The number of ether oxygens (including phenoxy) is 1. The molecule has 0 aliphatic heterocycles. The molecule has 0 fully saturated rings. The largest absolute Gasteiger partial charge is 0.497 e. The third-order valence-corrected chi connectivity index (χ3v) is 8.46. The molecule has 1 aromatic rings. The van der Waals surface area contributed by atoms with E-state index in [-0.39, 0.29) is 5.75 Å². The zero-order valence-electron chi connectivity index (χ0n) is 9.81. The minimum absolute atomic E-state index is 0.108. The highest BCUT2D eigenvalue weighted by Gasteiger charge is 2.45. The molecule has 0 unspecified atom stereocenters. The van der Waals surface area contributed by atoms with Crippen molar-refractivity contribution < 1.29 is 17.9 Å². The van der Waals surface area contributed by atoms with Crippen molar-refractivity contribution in [1.29, 1.82) is 0 Å². The van der Waals surface area contributed by atoms with Gasteiger partial charge < -0.3 is 4.74 Å². The molecule has 1 aromatic carbocycles. The van der Waals surface area contributed by atoms with Crippen LogP contribution in [0.3, 0.4) is 0 Å². The second kappa shape index (κ2) is 5.87. The second-order valence-corrected chi connectivity index (χ2v) is 11.4. The molecular formula is C11H12BrIO4S. The quantitative estimate of drug-likeness (QED) is 0.396. The van der Waals surface area contributed by atoms with Crippen molar-refractivity contribution in [1.82, 2.24) is 0 Å². The summed E-state index contributed by atoms with van der Waals surface area (Å²) in [6.07, 6.45) is 0. The maximum Gasteiger partial charge on any atom is 0.239 e. The minimum atomic E-state index is -3.54. The van der Waals surface area contributed by atoms with Crippen LogP contribution in [0.2, 0.25) is 0 Å². The van der Waals surface area contributed by atoms with Gasteiger partial charge in [-0.1, -0.05) is 6.92 Å². The number of carbonyl (C=O) groups is 1. The lowest BCUT2D eigenvalue weighted by Crippen LogP contribution is -2.35. The summed E-state index contributed by atoms with van der Waals surface area (Å²) >= 11 is 4.63. The van der Waals surface area contributed by atoms with Crippen LogP contribution < -0.4 is 4.74 Å². The predicted octanol–water partition coefficient (Wildman–Crippen LogP) is 2.80. The molecule has 0 bridgehead atoms. The first-order valence-electron chi connectivity index (χ1n) is 5.05. The summed E-state index contributed by atoms with van der Waals surface area (Å²) in [7, 11) is -2.02. The Morgan fingerprint density at radius 2 is 1.89 bits per heavy atom. The Kier molecular flexibility index (Phi) is 5.19. The molecule has 100 valence electrons. The van der Waals surface area contributed by atoms with E-state index in [2.05, 4.69) is 15.9 Å². The number of sulfone groups is 1. The molecule has 0 spiro atoms. The Morgan fingerprint density at radius 3 is 2.28 bits per heavy atom. The van der Waals surface area contributed by atoms with Crippen molar-refractivity contribution in [2.24, 2.45) is 0 Å². The zero-order chi connectivity index (χ0) is 14.0. The van der Waals surface area contributed by atoms with E-state index in [9.17, 15) is 13.2 Å². The van der Waals surface area contributed by atoms with Gasteiger partial charge in [-0.2, -0.15) is 0 Å². The summed E-state index contributed by atoms with van der Waals surface area (Å²) in [5.74, 6) is 0.00874. The van der Waals surface area contributed by atoms with E-state index in [1.54, 1.807) is 46.9 Å². The number of alkyl halides is 2. The van der Waals surface area contributed by atoms with Gasteiger partial charge in [-0.05, 0) is 62.8 Å². The highest BCUT2D eigenvalue weighted by Crippen LogP contribution is 2.37. The van der Waals surface area contributed by atoms with E-state index in [0.717, 1.165) is 0 Å². The number of hydrogen-bond donors (Lipinski definition) is 0. The van der Waals surface area contributed by atoms with Crippen LogP contribution in [0.15, 0.2) is 24.3 Å². The Morgan fingerprint density at radius 1 is 1.39 bits per heavy atom. The summed E-state index contributed by atoms with van der Waals surface area (Å²) < 4.78 is 27.1. The summed E-state index contributed by atoms with van der Waals surface area (Å²) in [4.78, 5) is 12.2. The molecule has 0 heterocycles. The van der Waals surface area contributed by atoms with Gasteiger partial charge in [0.1, 0.15) is 5.75 Å². The average Bonchev–Trinajstić information content (AvgIpc) is 2.37. The van der Waals surface area contributed by atoms with E-state index in [4.69, 9.17) is 4.74 Å². The molecule has 0 saturated carbocycles. The number of rotatable bonds is 5. The molecular weight excluding hydrogens is 435 g/mol. The van der Waals surface area contributed by atoms with Gasteiger partial charge in [0.05, 0.1) is 12.9 Å². The van der Waals surface area contributed by atoms with Gasteiger partial charge in [0, 0.05) is 5.56 Å². The van der Waals surface area contributed by atoms with Crippen molar-refractivity contribution in [3.05, 3.63) is 29.8 Å². The normalized spacial score (nSPS) is 14.9. The Labute approximate surface area is 128 Å². The highest BCUT2D eigenvalue weighted by atomic mass is 127. The third kappa shape index (κ3) is 3.05. The topological polar surface area (TPSA) is 60.4 Å². The van der Waals surface area contributed by atoms with Crippen molar-refractivity contribution in [3.8, 4) is 5.75 Å².